The predicted octanol–water partition coefficient (Wildman–Crippen LogP) is 5.18. The second-order valence-corrected chi connectivity index (χ2v) is 9.24. The molecule has 0 aliphatic heterocycles. The van der Waals surface area contributed by atoms with Gasteiger partial charge in [0, 0.05) is 16.9 Å². The molecule has 0 fully saturated rings. The van der Waals surface area contributed by atoms with Gasteiger partial charge in [-0.15, -0.1) is 0 Å². The minimum atomic E-state index is -3.86. The Hall–Kier alpha value is -4.30. The second-order valence-electron chi connectivity index (χ2n) is 7.56. The van der Waals surface area contributed by atoms with E-state index in [1.807, 2.05) is 48.5 Å². The first-order valence-corrected chi connectivity index (χ1v) is 12.3. The Bertz CT molecular complexity index is 1410. The summed E-state index contributed by atoms with van der Waals surface area (Å²) >= 11 is 0. The zero-order chi connectivity index (χ0) is 24.7. The molecule has 0 aromatic heterocycles. The summed E-state index contributed by atoms with van der Waals surface area (Å²) in [5.41, 5.74) is 2.59. The molecule has 178 valence electrons. The number of amides is 1. The van der Waals surface area contributed by atoms with Gasteiger partial charge in [0.15, 0.2) is 6.61 Å². The number of benzene rings is 4. The lowest BCUT2D eigenvalue weighted by molar-refractivity contribution is -0.118. The lowest BCUT2D eigenvalue weighted by atomic mass is 10.1. The third kappa shape index (κ3) is 6.18. The maximum absolute atomic E-state index is 12.8. The smallest absolute Gasteiger partial charge is 0.262 e. The van der Waals surface area contributed by atoms with E-state index in [1.54, 1.807) is 42.5 Å². The predicted molar refractivity (Wildman–Crippen MR) is 136 cm³/mol. The Labute approximate surface area is 204 Å². The van der Waals surface area contributed by atoms with E-state index in [0.29, 0.717) is 22.9 Å². The van der Waals surface area contributed by atoms with Crippen LogP contribution in [0.4, 0.5) is 11.4 Å². The molecule has 0 saturated carbocycles. The van der Waals surface area contributed by atoms with E-state index in [4.69, 9.17) is 9.47 Å². The number of para-hydroxylation sites is 1. The molecule has 0 bridgehead atoms. The van der Waals surface area contributed by atoms with Gasteiger partial charge in [-0.05, 0) is 54.1 Å². The zero-order valence-corrected chi connectivity index (χ0v) is 19.8. The highest BCUT2D eigenvalue weighted by Crippen LogP contribution is 2.29. The lowest BCUT2D eigenvalue weighted by Gasteiger charge is -2.13. The summed E-state index contributed by atoms with van der Waals surface area (Å²) in [6.45, 7) is -0.231. The average Bonchev–Trinajstić information content (AvgIpc) is 2.88. The van der Waals surface area contributed by atoms with Crippen molar-refractivity contribution in [1.82, 2.24) is 0 Å². The van der Waals surface area contributed by atoms with Crippen LogP contribution in [0.5, 0.6) is 11.5 Å². The highest BCUT2D eigenvalue weighted by Gasteiger charge is 2.16. The number of carbonyl (C=O) groups excluding carboxylic acids is 1. The van der Waals surface area contributed by atoms with Gasteiger partial charge in [-0.25, -0.2) is 8.42 Å². The highest BCUT2D eigenvalue weighted by atomic mass is 32.2. The molecule has 0 aliphatic carbocycles. The summed E-state index contributed by atoms with van der Waals surface area (Å²) in [6, 6.07) is 29.7. The first-order valence-electron chi connectivity index (χ1n) is 10.8. The Morgan fingerprint density at radius 3 is 2.26 bits per heavy atom. The number of hydrogen-bond acceptors (Lipinski definition) is 5. The minimum absolute atomic E-state index is 0.0152. The molecule has 8 heteroatoms. The Morgan fingerprint density at radius 1 is 0.800 bits per heavy atom. The fraction of sp³-hybridized carbons (Fsp3) is 0.0741. The molecule has 4 aromatic carbocycles. The summed E-state index contributed by atoms with van der Waals surface area (Å²) in [5.74, 6) is 0.783. The van der Waals surface area contributed by atoms with E-state index in [0.717, 1.165) is 11.1 Å². The molecule has 1 amide bonds. The number of hydrogen-bond donors (Lipinski definition) is 2. The molecule has 0 spiro atoms. The third-order valence-electron chi connectivity index (χ3n) is 5.10. The van der Waals surface area contributed by atoms with Crippen molar-refractivity contribution in [2.24, 2.45) is 0 Å². The summed E-state index contributed by atoms with van der Waals surface area (Å²) < 4.78 is 39.0. The van der Waals surface area contributed by atoms with Crippen molar-refractivity contribution in [2.45, 2.75) is 4.90 Å². The molecule has 0 heterocycles. The normalized spacial score (nSPS) is 10.9. The Balaban J connectivity index is 1.41. The van der Waals surface area contributed by atoms with Crippen molar-refractivity contribution in [3.63, 3.8) is 0 Å². The van der Waals surface area contributed by atoms with Crippen LogP contribution in [0.1, 0.15) is 0 Å². The Kier molecular flexibility index (Phi) is 7.32. The molecule has 0 atom stereocenters. The van der Waals surface area contributed by atoms with E-state index in [9.17, 15) is 13.2 Å². The van der Waals surface area contributed by atoms with Gasteiger partial charge in [0.2, 0.25) is 0 Å². The summed E-state index contributed by atoms with van der Waals surface area (Å²) in [6.07, 6.45) is 0. The number of anilines is 2. The van der Waals surface area contributed by atoms with Gasteiger partial charge in [-0.1, -0.05) is 54.6 Å². The van der Waals surface area contributed by atoms with Gasteiger partial charge >= 0.3 is 0 Å². The fourth-order valence-corrected chi connectivity index (χ4v) is 4.51. The molecule has 4 rings (SSSR count). The average molecular weight is 489 g/mol. The molecule has 35 heavy (non-hydrogen) atoms. The largest absolute Gasteiger partial charge is 0.497 e. The van der Waals surface area contributed by atoms with Crippen molar-refractivity contribution in [2.75, 3.05) is 23.8 Å². The van der Waals surface area contributed by atoms with Gasteiger partial charge in [-0.2, -0.15) is 0 Å². The van der Waals surface area contributed by atoms with E-state index in [2.05, 4.69) is 10.0 Å². The molecule has 4 aromatic rings. The SMILES string of the molecule is COc1ccc(NS(=O)(=O)c2cccc(NC(=O)COc3ccccc3-c3ccccc3)c2)cc1. The minimum Gasteiger partial charge on any atom is -0.497 e. The van der Waals surface area contributed by atoms with Gasteiger partial charge in [0.05, 0.1) is 12.0 Å². The number of nitrogens with one attached hydrogen (secondary N) is 2. The van der Waals surface area contributed by atoms with Crippen LogP contribution in [0.3, 0.4) is 0 Å². The number of carbonyl (C=O) groups is 1. The van der Waals surface area contributed by atoms with Crippen LogP contribution in [-0.4, -0.2) is 28.0 Å². The van der Waals surface area contributed by atoms with Crippen LogP contribution < -0.4 is 19.5 Å². The van der Waals surface area contributed by atoms with Crippen molar-refractivity contribution in [3.8, 4) is 22.6 Å². The van der Waals surface area contributed by atoms with Crippen molar-refractivity contribution in [3.05, 3.63) is 103 Å². The molecule has 0 radical (unpaired) electrons. The first kappa shape index (κ1) is 23.8. The topological polar surface area (TPSA) is 93.7 Å². The van der Waals surface area contributed by atoms with E-state index in [-0.39, 0.29) is 11.5 Å². The van der Waals surface area contributed by atoms with Crippen LogP contribution in [0, 0.1) is 0 Å². The molecule has 0 saturated heterocycles. The van der Waals surface area contributed by atoms with Gasteiger partial charge in [0.1, 0.15) is 11.5 Å². The summed E-state index contributed by atoms with van der Waals surface area (Å²) in [7, 11) is -2.32. The molecule has 0 aliphatic rings. The van der Waals surface area contributed by atoms with Crippen LogP contribution >= 0.6 is 0 Å². The quantitative estimate of drug-likeness (QED) is 0.339. The maximum Gasteiger partial charge on any atom is 0.262 e. The lowest BCUT2D eigenvalue weighted by Crippen LogP contribution is -2.20. The standard InChI is InChI=1S/C27H24N2O5S/c1-33-23-16-14-21(15-17-23)29-35(31,32)24-11-7-10-22(18-24)28-27(30)19-34-26-13-6-5-12-25(26)20-8-3-2-4-9-20/h2-18,29H,19H2,1H3,(H,28,30). The van der Waals surface area contributed by atoms with Crippen molar-refractivity contribution in [1.29, 1.82) is 0 Å². The fourth-order valence-electron chi connectivity index (χ4n) is 3.40. The third-order valence-corrected chi connectivity index (χ3v) is 6.48. The van der Waals surface area contributed by atoms with Crippen molar-refractivity contribution >= 4 is 27.3 Å². The monoisotopic (exact) mass is 488 g/mol. The van der Waals surface area contributed by atoms with Crippen LogP contribution in [0.25, 0.3) is 11.1 Å². The Morgan fingerprint density at radius 2 is 1.51 bits per heavy atom. The van der Waals surface area contributed by atoms with E-state index >= 15 is 0 Å². The first-order chi connectivity index (χ1) is 16.9. The van der Waals surface area contributed by atoms with E-state index < -0.39 is 15.9 Å². The number of sulfonamides is 1. The second kappa shape index (κ2) is 10.8. The van der Waals surface area contributed by atoms with Crippen LogP contribution in [-0.2, 0) is 14.8 Å². The van der Waals surface area contributed by atoms with Gasteiger partial charge in [0.25, 0.3) is 15.9 Å². The number of ether oxygens (including phenoxy) is 2. The summed E-state index contributed by atoms with van der Waals surface area (Å²) in [4.78, 5) is 12.5. The molecular weight excluding hydrogens is 464 g/mol. The number of methoxy groups -OCH3 is 1. The van der Waals surface area contributed by atoms with Gasteiger partial charge in [-0.3, -0.25) is 9.52 Å². The van der Waals surface area contributed by atoms with Gasteiger partial charge < -0.3 is 14.8 Å². The number of rotatable bonds is 9. The highest BCUT2D eigenvalue weighted by molar-refractivity contribution is 7.92. The van der Waals surface area contributed by atoms with Crippen LogP contribution in [0.2, 0.25) is 0 Å². The molecule has 7 nitrogen and oxygen atoms in total. The maximum atomic E-state index is 12.8. The van der Waals surface area contributed by atoms with Crippen molar-refractivity contribution < 1.29 is 22.7 Å². The molecular formula is C27H24N2O5S. The van der Waals surface area contributed by atoms with Crippen LogP contribution in [0.15, 0.2) is 108 Å². The molecule has 2 N–H and O–H groups in total. The zero-order valence-electron chi connectivity index (χ0n) is 19.0. The van der Waals surface area contributed by atoms with E-state index in [1.165, 1.54) is 19.2 Å². The molecule has 0 unspecified atom stereocenters. The summed E-state index contributed by atoms with van der Waals surface area (Å²) in [5, 5.41) is 2.69.